The molecule has 1 saturated heterocycles. The van der Waals surface area contributed by atoms with Gasteiger partial charge in [0.05, 0.1) is 42.6 Å². The maximum absolute atomic E-state index is 12.5. The normalized spacial score (nSPS) is 17.3. The van der Waals surface area contributed by atoms with Gasteiger partial charge in [-0.3, -0.25) is 4.79 Å². The number of hydrogen-bond acceptors (Lipinski definition) is 8. The zero-order valence-corrected chi connectivity index (χ0v) is 24.2. The number of amides is 1. The smallest absolute Gasteiger partial charge is 0.246 e. The molecule has 2 aliphatic rings. The van der Waals surface area contributed by atoms with E-state index in [1.807, 2.05) is 6.92 Å². The summed E-state index contributed by atoms with van der Waals surface area (Å²) in [5.74, 6) is 0.00175. The second kappa shape index (κ2) is 12.5. The number of nitriles is 2. The number of carbonyl (C=O) groups excluding carboxylic acids is 1. The molecular weight excluding hydrogens is 528 g/mol. The first kappa shape index (κ1) is 28.9. The number of benzene rings is 2. The highest BCUT2D eigenvalue weighted by molar-refractivity contribution is 5.97. The standard InChI is InChI=1S/C33H36N6O3/c1-4-25(40)21-42-33-27(18-35)32(38-16-17-39(30(41)5-2)24(19-38)12-14-34)26-13-15-37(20-28(26)36-33)29-11-7-10-23-9-6-8-22(3)31(23)29/h5-11,24-25,40H,2,4,12-13,15-17,19-21H2,1,3H3/t24-,25?/m0/s1. The first-order valence-electron chi connectivity index (χ1n) is 14.4. The van der Waals surface area contributed by atoms with E-state index in [4.69, 9.17) is 9.72 Å². The van der Waals surface area contributed by atoms with Gasteiger partial charge in [0.2, 0.25) is 11.8 Å². The number of aromatic nitrogens is 1. The van der Waals surface area contributed by atoms with Gasteiger partial charge in [0, 0.05) is 42.8 Å². The van der Waals surface area contributed by atoms with Crippen LogP contribution in [0.5, 0.6) is 5.88 Å². The Bertz CT molecular complexity index is 1580. The largest absolute Gasteiger partial charge is 0.474 e. The van der Waals surface area contributed by atoms with E-state index < -0.39 is 6.10 Å². The summed E-state index contributed by atoms with van der Waals surface area (Å²) in [6.07, 6.45) is 1.96. The van der Waals surface area contributed by atoms with Gasteiger partial charge in [-0.05, 0) is 42.9 Å². The molecule has 42 heavy (non-hydrogen) atoms. The van der Waals surface area contributed by atoms with Crippen molar-refractivity contribution in [1.82, 2.24) is 9.88 Å². The number of aryl methyl sites for hydroxylation is 1. The van der Waals surface area contributed by atoms with E-state index in [0.717, 1.165) is 29.2 Å². The molecule has 9 nitrogen and oxygen atoms in total. The fourth-order valence-electron chi connectivity index (χ4n) is 6.10. The molecule has 1 fully saturated rings. The average Bonchev–Trinajstić information content (AvgIpc) is 3.02. The van der Waals surface area contributed by atoms with Crippen molar-refractivity contribution in [2.45, 2.75) is 51.8 Å². The van der Waals surface area contributed by atoms with Crippen LogP contribution < -0.4 is 14.5 Å². The number of ether oxygens (including phenoxy) is 1. The van der Waals surface area contributed by atoms with Crippen LogP contribution in [0, 0.1) is 29.6 Å². The van der Waals surface area contributed by atoms with Crippen molar-refractivity contribution in [3.63, 3.8) is 0 Å². The van der Waals surface area contributed by atoms with Crippen molar-refractivity contribution in [1.29, 1.82) is 10.5 Å². The molecule has 1 N–H and O–H groups in total. The number of rotatable bonds is 8. The quantitative estimate of drug-likeness (QED) is 0.404. The van der Waals surface area contributed by atoms with Crippen molar-refractivity contribution in [3.05, 3.63) is 71.4 Å². The van der Waals surface area contributed by atoms with Gasteiger partial charge in [-0.25, -0.2) is 4.98 Å². The average molecular weight is 565 g/mol. The molecule has 0 bridgehead atoms. The Labute approximate surface area is 246 Å². The lowest BCUT2D eigenvalue weighted by Crippen LogP contribution is -2.55. The highest BCUT2D eigenvalue weighted by atomic mass is 16.5. The molecule has 5 rings (SSSR count). The van der Waals surface area contributed by atoms with E-state index >= 15 is 0 Å². The Morgan fingerprint density at radius 1 is 1.21 bits per heavy atom. The van der Waals surface area contributed by atoms with Gasteiger partial charge in [0.1, 0.15) is 18.2 Å². The molecule has 3 heterocycles. The van der Waals surface area contributed by atoms with Crippen LogP contribution in [0.1, 0.15) is 42.1 Å². The number of fused-ring (bicyclic) bond motifs is 2. The number of pyridine rings is 1. The number of aliphatic hydroxyl groups excluding tert-OH is 1. The minimum atomic E-state index is -0.679. The zero-order valence-electron chi connectivity index (χ0n) is 24.2. The van der Waals surface area contributed by atoms with Crippen molar-refractivity contribution in [3.8, 4) is 18.0 Å². The Morgan fingerprint density at radius 2 is 2.00 bits per heavy atom. The van der Waals surface area contributed by atoms with Crippen LogP contribution in [0.2, 0.25) is 0 Å². The van der Waals surface area contributed by atoms with Gasteiger partial charge in [0.15, 0.2) is 0 Å². The highest BCUT2D eigenvalue weighted by Gasteiger charge is 2.35. The summed E-state index contributed by atoms with van der Waals surface area (Å²) >= 11 is 0. The van der Waals surface area contributed by atoms with Crippen LogP contribution in [-0.2, 0) is 17.8 Å². The van der Waals surface area contributed by atoms with Gasteiger partial charge < -0.3 is 24.5 Å². The minimum absolute atomic E-state index is 0.0291. The molecule has 1 amide bonds. The summed E-state index contributed by atoms with van der Waals surface area (Å²) < 4.78 is 6.00. The van der Waals surface area contributed by atoms with Crippen LogP contribution in [0.15, 0.2) is 49.1 Å². The summed E-state index contributed by atoms with van der Waals surface area (Å²) in [5.41, 5.74) is 5.23. The predicted octanol–water partition coefficient (Wildman–Crippen LogP) is 4.24. The molecule has 9 heteroatoms. The van der Waals surface area contributed by atoms with Crippen molar-refractivity contribution in [2.75, 3.05) is 42.6 Å². The third kappa shape index (κ3) is 5.48. The fraction of sp³-hybridized carbons (Fsp3) is 0.394. The van der Waals surface area contributed by atoms with E-state index in [0.29, 0.717) is 44.6 Å². The number of hydrogen-bond donors (Lipinski definition) is 1. The summed E-state index contributed by atoms with van der Waals surface area (Å²) in [7, 11) is 0. The van der Waals surface area contributed by atoms with E-state index in [1.165, 1.54) is 22.4 Å². The van der Waals surface area contributed by atoms with Gasteiger partial charge >= 0.3 is 0 Å². The van der Waals surface area contributed by atoms with E-state index in [-0.39, 0.29) is 30.9 Å². The molecule has 1 aromatic heterocycles. The lowest BCUT2D eigenvalue weighted by molar-refractivity contribution is -0.128. The molecule has 0 spiro atoms. The summed E-state index contributed by atoms with van der Waals surface area (Å²) in [6.45, 7) is 10.2. The van der Waals surface area contributed by atoms with E-state index in [9.17, 15) is 20.4 Å². The Balaban J connectivity index is 1.58. The first-order valence-corrected chi connectivity index (χ1v) is 14.4. The van der Waals surface area contributed by atoms with Crippen LogP contribution in [0.3, 0.4) is 0 Å². The number of piperazine rings is 1. The molecule has 1 unspecified atom stereocenters. The van der Waals surface area contributed by atoms with Gasteiger partial charge in [-0.1, -0.05) is 43.8 Å². The maximum Gasteiger partial charge on any atom is 0.246 e. The Morgan fingerprint density at radius 3 is 2.71 bits per heavy atom. The van der Waals surface area contributed by atoms with E-state index in [1.54, 1.807) is 4.90 Å². The monoisotopic (exact) mass is 564 g/mol. The third-order valence-corrected chi connectivity index (χ3v) is 8.30. The topological polar surface area (TPSA) is 117 Å². The molecule has 0 aliphatic carbocycles. The molecule has 2 aromatic carbocycles. The van der Waals surface area contributed by atoms with Crippen LogP contribution in [0.25, 0.3) is 10.8 Å². The van der Waals surface area contributed by atoms with Crippen molar-refractivity contribution < 1.29 is 14.6 Å². The lowest BCUT2D eigenvalue weighted by Gasteiger charge is -2.43. The van der Waals surface area contributed by atoms with Crippen LogP contribution >= 0.6 is 0 Å². The number of aliphatic hydroxyl groups is 1. The molecule has 2 aliphatic heterocycles. The third-order valence-electron chi connectivity index (χ3n) is 8.30. The molecular formula is C33H36N6O3. The number of carbonyl (C=O) groups is 1. The second-order valence-electron chi connectivity index (χ2n) is 10.9. The molecule has 0 saturated carbocycles. The Hall–Kier alpha value is -4.60. The lowest BCUT2D eigenvalue weighted by atomic mass is 9.95. The SMILES string of the molecule is C=CC(=O)N1CCN(c2c(C#N)c(OCC(O)CC)nc3c2CCN(c2cccc4cccc(C)c24)C3)C[C@@H]1CC#N. The van der Waals surface area contributed by atoms with E-state index in [2.05, 4.69) is 71.8 Å². The molecule has 2 atom stereocenters. The minimum Gasteiger partial charge on any atom is -0.474 e. The zero-order chi connectivity index (χ0) is 29.8. The predicted molar refractivity (Wildman–Crippen MR) is 162 cm³/mol. The summed E-state index contributed by atoms with van der Waals surface area (Å²) in [6, 6.07) is 16.9. The van der Waals surface area contributed by atoms with Crippen molar-refractivity contribution in [2.24, 2.45) is 0 Å². The molecule has 216 valence electrons. The first-order chi connectivity index (χ1) is 20.4. The van der Waals surface area contributed by atoms with Crippen LogP contribution in [-0.4, -0.2) is 65.8 Å². The summed E-state index contributed by atoms with van der Waals surface area (Å²) in [4.78, 5) is 23.5. The highest BCUT2D eigenvalue weighted by Crippen LogP contribution is 2.40. The Kier molecular flexibility index (Phi) is 8.61. The summed E-state index contributed by atoms with van der Waals surface area (Å²) in [5, 5.41) is 32.5. The maximum atomic E-state index is 12.5. The van der Waals surface area contributed by atoms with Crippen molar-refractivity contribution >= 4 is 28.1 Å². The van der Waals surface area contributed by atoms with Gasteiger partial charge in [-0.2, -0.15) is 10.5 Å². The molecule has 3 aromatic rings. The molecule has 0 radical (unpaired) electrons. The van der Waals surface area contributed by atoms with Gasteiger partial charge in [-0.15, -0.1) is 0 Å². The van der Waals surface area contributed by atoms with Crippen LogP contribution in [0.4, 0.5) is 11.4 Å². The second-order valence-corrected chi connectivity index (χ2v) is 10.9. The number of nitrogens with zero attached hydrogens (tertiary/aromatic N) is 6. The number of anilines is 2. The fourth-order valence-corrected chi connectivity index (χ4v) is 6.10. The van der Waals surface area contributed by atoms with Gasteiger partial charge in [0.25, 0.3) is 0 Å².